The molecule has 0 amide bonds. The van der Waals surface area contributed by atoms with Crippen LogP contribution in [0.2, 0.25) is 0 Å². The molecular formula is C12H12N4O2. The lowest BCUT2D eigenvalue weighted by Crippen LogP contribution is -2.09. The second-order valence-corrected chi connectivity index (χ2v) is 3.44. The van der Waals surface area contributed by atoms with Crippen LogP contribution in [0.5, 0.6) is 0 Å². The number of ether oxygens (including phenoxy) is 1. The number of anilines is 1. The van der Waals surface area contributed by atoms with Crippen molar-refractivity contribution in [3.63, 3.8) is 0 Å². The number of methoxy groups -OCH3 is 1. The van der Waals surface area contributed by atoms with Crippen LogP contribution < -0.4 is 5.32 Å². The van der Waals surface area contributed by atoms with Crippen LogP contribution >= 0.6 is 0 Å². The number of nitrogens with zero attached hydrogens (tertiary/aromatic N) is 3. The Balaban J connectivity index is 2.45. The van der Waals surface area contributed by atoms with E-state index < -0.39 is 5.97 Å². The highest BCUT2D eigenvalue weighted by atomic mass is 16.5. The number of hydrogen-bond donors (Lipinski definition) is 1. The number of pyridine rings is 1. The van der Waals surface area contributed by atoms with Crippen molar-refractivity contribution in [2.45, 2.75) is 0 Å². The summed E-state index contributed by atoms with van der Waals surface area (Å²) in [4.78, 5) is 23.9. The van der Waals surface area contributed by atoms with Crippen molar-refractivity contribution in [1.82, 2.24) is 15.0 Å². The van der Waals surface area contributed by atoms with Crippen LogP contribution in [0.1, 0.15) is 10.4 Å². The highest BCUT2D eigenvalue weighted by molar-refractivity contribution is 5.94. The summed E-state index contributed by atoms with van der Waals surface area (Å²) in [6.07, 6.45) is 4.77. The number of aromatic nitrogens is 3. The predicted octanol–water partition coefficient (Wildman–Crippen LogP) is 1.37. The Labute approximate surface area is 104 Å². The molecule has 0 saturated carbocycles. The van der Waals surface area contributed by atoms with Crippen molar-refractivity contribution in [1.29, 1.82) is 0 Å². The monoisotopic (exact) mass is 244 g/mol. The number of hydrogen-bond acceptors (Lipinski definition) is 6. The molecule has 92 valence electrons. The molecule has 2 aromatic rings. The molecule has 1 N–H and O–H groups in total. The van der Waals surface area contributed by atoms with E-state index >= 15 is 0 Å². The summed E-state index contributed by atoms with van der Waals surface area (Å²) in [7, 11) is 3.00. The Morgan fingerprint density at radius 3 is 2.83 bits per heavy atom. The van der Waals surface area contributed by atoms with E-state index in [2.05, 4.69) is 25.0 Å². The van der Waals surface area contributed by atoms with E-state index in [0.29, 0.717) is 17.2 Å². The summed E-state index contributed by atoms with van der Waals surface area (Å²) in [6.45, 7) is 0. The normalized spacial score (nSPS) is 9.89. The van der Waals surface area contributed by atoms with Crippen LogP contribution in [-0.2, 0) is 4.74 Å². The highest BCUT2D eigenvalue weighted by Gasteiger charge is 2.14. The van der Waals surface area contributed by atoms with E-state index in [0.717, 1.165) is 5.56 Å². The van der Waals surface area contributed by atoms with Crippen molar-refractivity contribution < 1.29 is 9.53 Å². The van der Waals surface area contributed by atoms with Gasteiger partial charge in [-0.05, 0) is 12.1 Å². The molecule has 0 bridgehead atoms. The lowest BCUT2D eigenvalue weighted by molar-refractivity contribution is 0.0601. The van der Waals surface area contributed by atoms with Gasteiger partial charge in [0.2, 0.25) is 0 Å². The Bertz CT molecular complexity index is 557. The van der Waals surface area contributed by atoms with Gasteiger partial charge in [-0.3, -0.25) is 4.98 Å². The predicted molar refractivity (Wildman–Crippen MR) is 66.1 cm³/mol. The summed E-state index contributed by atoms with van der Waals surface area (Å²) in [5.41, 5.74) is 1.08. The average Bonchev–Trinajstić information content (AvgIpc) is 2.46. The minimum Gasteiger partial charge on any atom is -0.465 e. The maximum atomic E-state index is 11.5. The van der Waals surface area contributed by atoms with Crippen LogP contribution in [0.4, 0.5) is 5.82 Å². The maximum Gasteiger partial charge on any atom is 0.343 e. The molecule has 0 fully saturated rings. The Morgan fingerprint density at radius 2 is 2.22 bits per heavy atom. The zero-order valence-electron chi connectivity index (χ0n) is 10.0. The van der Waals surface area contributed by atoms with Crippen LogP contribution in [0.3, 0.4) is 0 Å². The van der Waals surface area contributed by atoms with Gasteiger partial charge in [-0.15, -0.1) is 0 Å². The number of carbonyl (C=O) groups excluding carboxylic acids is 1. The standard InChI is InChI=1S/C12H12N4O2/c1-13-11-9(12(17)18-2)7-15-10(16-11)8-4-3-5-14-6-8/h3-7H,1-2H3,(H,13,15,16). The zero-order valence-corrected chi connectivity index (χ0v) is 10.0. The van der Waals surface area contributed by atoms with Gasteiger partial charge in [0, 0.05) is 31.2 Å². The van der Waals surface area contributed by atoms with Crippen molar-refractivity contribution in [3.05, 3.63) is 36.3 Å². The van der Waals surface area contributed by atoms with E-state index in [-0.39, 0.29) is 0 Å². The molecule has 0 aliphatic rings. The summed E-state index contributed by atoms with van der Waals surface area (Å²) in [6, 6.07) is 3.64. The van der Waals surface area contributed by atoms with Crippen molar-refractivity contribution in [2.24, 2.45) is 0 Å². The minimum atomic E-state index is -0.475. The Kier molecular flexibility index (Phi) is 3.47. The van der Waals surface area contributed by atoms with E-state index in [1.807, 2.05) is 6.07 Å². The van der Waals surface area contributed by atoms with Crippen LogP contribution in [-0.4, -0.2) is 35.1 Å². The molecule has 0 saturated heterocycles. The molecule has 0 radical (unpaired) electrons. The van der Waals surface area contributed by atoms with E-state index in [1.54, 1.807) is 25.5 Å². The third-order valence-electron chi connectivity index (χ3n) is 2.35. The lowest BCUT2D eigenvalue weighted by Gasteiger charge is -2.07. The molecule has 0 aliphatic heterocycles. The topological polar surface area (TPSA) is 77.0 Å². The number of esters is 1. The first-order chi connectivity index (χ1) is 8.76. The SMILES string of the molecule is CNc1nc(-c2cccnc2)ncc1C(=O)OC. The number of nitrogens with one attached hydrogen (secondary N) is 1. The quantitative estimate of drug-likeness (QED) is 0.821. The van der Waals surface area contributed by atoms with Gasteiger partial charge in [0.25, 0.3) is 0 Å². The van der Waals surface area contributed by atoms with Gasteiger partial charge in [-0.25, -0.2) is 14.8 Å². The number of carbonyl (C=O) groups is 1. The average molecular weight is 244 g/mol. The molecule has 0 atom stereocenters. The van der Waals surface area contributed by atoms with Gasteiger partial charge in [-0.1, -0.05) is 0 Å². The van der Waals surface area contributed by atoms with Crippen molar-refractivity contribution in [3.8, 4) is 11.4 Å². The lowest BCUT2D eigenvalue weighted by atomic mass is 10.2. The summed E-state index contributed by atoms with van der Waals surface area (Å²) in [5, 5.41) is 2.85. The van der Waals surface area contributed by atoms with Gasteiger partial charge in [0.1, 0.15) is 11.4 Å². The first-order valence-corrected chi connectivity index (χ1v) is 5.29. The second kappa shape index (κ2) is 5.22. The van der Waals surface area contributed by atoms with Crippen molar-refractivity contribution in [2.75, 3.05) is 19.5 Å². The summed E-state index contributed by atoms with van der Waals surface area (Å²) < 4.78 is 4.65. The zero-order chi connectivity index (χ0) is 13.0. The highest BCUT2D eigenvalue weighted by Crippen LogP contribution is 2.18. The summed E-state index contributed by atoms with van der Waals surface area (Å²) in [5.74, 6) is 0.452. The molecule has 6 heteroatoms. The fourth-order valence-electron chi connectivity index (χ4n) is 1.47. The maximum absolute atomic E-state index is 11.5. The molecule has 18 heavy (non-hydrogen) atoms. The van der Waals surface area contributed by atoms with Gasteiger partial charge < -0.3 is 10.1 Å². The smallest absolute Gasteiger partial charge is 0.343 e. The molecule has 2 aromatic heterocycles. The van der Waals surface area contributed by atoms with Crippen molar-refractivity contribution >= 4 is 11.8 Å². The molecule has 0 aromatic carbocycles. The molecule has 0 aliphatic carbocycles. The molecule has 0 unspecified atom stereocenters. The first kappa shape index (κ1) is 12.0. The van der Waals surface area contributed by atoms with Gasteiger partial charge >= 0.3 is 5.97 Å². The molecular weight excluding hydrogens is 232 g/mol. The Morgan fingerprint density at radius 1 is 1.39 bits per heavy atom. The molecule has 0 spiro atoms. The van der Waals surface area contributed by atoms with E-state index in [9.17, 15) is 4.79 Å². The van der Waals surface area contributed by atoms with Gasteiger partial charge in [0.05, 0.1) is 7.11 Å². The van der Waals surface area contributed by atoms with Crippen LogP contribution in [0.15, 0.2) is 30.7 Å². The molecule has 2 rings (SSSR count). The van der Waals surface area contributed by atoms with Gasteiger partial charge in [0.15, 0.2) is 5.82 Å². The molecule has 2 heterocycles. The van der Waals surface area contributed by atoms with Gasteiger partial charge in [-0.2, -0.15) is 0 Å². The third kappa shape index (κ3) is 2.27. The molecule has 6 nitrogen and oxygen atoms in total. The fraction of sp³-hybridized carbons (Fsp3) is 0.167. The fourth-order valence-corrected chi connectivity index (χ4v) is 1.47. The van der Waals surface area contributed by atoms with Crippen LogP contribution in [0, 0.1) is 0 Å². The number of rotatable bonds is 3. The minimum absolute atomic E-state index is 0.299. The summed E-state index contributed by atoms with van der Waals surface area (Å²) >= 11 is 0. The second-order valence-electron chi connectivity index (χ2n) is 3.44. The van der Waals surface area contributed by atoms with Crippen LogP contribution in [0.25, 0.3) is 11.4 Å². The van der Waals surface area contributed by atoms with E-state index in [4.69, 9.17) is 0 Å². The largest absolute Gasteiger partial charge is 0.465 e. The van der Waals surface area contributed by atoms with E-state index in [1.165, 1.54) is 13.3 Å². The Hall–Kier alpha value is -2.50. The third-order valence-corrected chi connectivity index (χ3v) is 2.35. The first-order valence-electron chi connectivity index (χ1n) is 5.29.